The minimum atomic E-state index is -0.560. The van der Waals surface area contributed by atoms with E-state index in [1.807, 2.05) is 49.4 Å². The van der Waals surface area contributed by atoms with Crippen molar-refractivity contribution in [3.05, 3.63) is 135 Å². The van der Waals surface area contributed by atoms with Gasteiger partial charge in [-0.2, -0.15) is 5.26 Å². The lowest BCUT2D eigenvalue weighted by molar-refractivity contribution is -0.128. The van der Waals surface area contributed by atoms with Gasteiger partial charge in [0.1, 0.15) is 29.7 Å². The average molecular weight is 613 g/mol. The van der Waals surface area contributed by atoms with Crippen molar-refractivity contribution in [3.63, 3.8) is 0 Å². The highest BCUT2D eigenvalue weighted by Gasteiger charge is 2.32. The first-order valence-corrected chi connectivity index (χ1v) is 14.1. The van der Waals surface area contributed by atoms with E-state index >= 15 is 0 Å². The summed E-state index contributed by atoms with van der Waals surface area (Å²) in [7, 11) is 0. The second-order valence-corrected chi connectivity index (χ2v) is 10.3. The van der Waals surface area contributed by atoms with Crippen LogP contribution in [0.4, 0.5) is 0 Å². The van der Waals surface area contributed by atoms with Crippen molar-refractivity contribution >= 4 is 35.2 Å². The Morgan fingerprint density at radius 3 is 2.56 bits per heavy atom. The SMILES string of the molecule is CCOc1cc(C2C(C#N)=C(N)Oc3cc(OC(=O)/C=C/c4ccccc4)ccc32)ccc1OCc1ccc(Cl)cc1Cl. The lowest BCUT2D eigenvalue weighted by Crippen LogP contribution is -2.21. The van der Waals surface area contributed by atoms with Crippen LogP contribution in [-0.4, -0.2) is 12.6 Å². The van der Waals surface area contributed by atoms with Crippen molar-refractivity contribution in [3.8, 4) is 29.1 Å². The minimum Gasteiger partial charge on any atom is -0.490 e. The topological polar surface area (TPSA) is 104 Å². The molecule has 4 aromatic carbocycles. The lowest BCUT2D eigenvalue weighted by Gasteiger charge is -2.27. The number of nitriles is 1. The zero-order valence-corrected chi connectivity index (χ0v) is 24.6. The van der Waals surface area contributed by atoms with E-state index in [9.17, 15) is 10.1 Å². The number of nitrogens with two attached hydrogens (primary N) is 1. The van der Waals surface area contributed by atoms with Gasteiger partial charge in [-0.3, -0.25) is 0 Å². The summed E-state index contributed by atoms with van der Waals surface area (Å²) in [5.74, 6) is 0.491. The number of esters is 1. The molecule has 0 bridgehead atoms. The summed E-state index contributed by atoms with van der Waals surface area (Å²) in [5.41, 5.74) is 9.49. The first-order chi connectivity index (χ1) is 20.9. The first-order valence-electron chi connectivity index (χ1n) is 13.4. The third-order valence-electron chi connectivity index (χ3n) is 6.62. The number of rotatable bonds is 9. The zero-order chi connectivity index (χ0) is 30.3. The number of halogens is 2. The van der Waals surface area contributed by atoms with E-state index in [0.717, 1.165) is 16.7 Å². The quantitative estimate of drug-likeness (QED) is 0.117. The second kappa shape index (κ2) is 13.4. The molecule has 1 aliphatic heterocycles. The molecule has 0 aromatic heterocycles. The summed E-state index contributed by atoms with van der Waals surface area (Å²) in [6, 6.07) is 27.2. The number of ether oxygens (including phenoxy) is 4. The number of nitrogens with zero attached hydrogens (tertiary/aromatic N) is 1. The van der Waals surface area contributed by atoms with Crippen molar-refractivity contribution in [2.24, 2.45) is 5.73 Å². The molecule has 1 unspecified atom stereocenters. The number of hydrogen-bond acceptors (Lipinski definition) is 7. The van der Waals surface area contributed by atoms with Crippen molar-refractivity contribution in [1.82, 2.24) is 0 Å². The Hall–Kier alpha value is -4.90. The summed E-state index contributed by atoms with van der Waals surface area (Å²) in [6.45, 7) is 2.46. The molecule has 216 valence electrons. The zero-order valence-electron chi connectivity index (χ0n) is 23.1. The number of carbonyl (C=O) groups excluding carboxylic acids is 1. The van der Waals surface area contributed by atoms with Gasteiger partial charge in [0, 0.05) is 33.3 Å². The van der Waals surface area contributed by atoms with E-state index in [0.29, 0.717) is 39.5 Å². The Balaban J connectivity index is 1.41. The van der Waals surface area contributed by atoms with Crippen molar-refractivity contribution < 1.29 is 23.7 Å². The van der Waals surface area contributed by atoms with Gasteiger partial charge in [0.2, 0.25) is 5.88 Å². The van der Waals surface area contributed by atoms with Crippen LogP contribution in [0.15, 0.2) is 102 Å². The molecule has 5 rings (SSSR count). The number of allylic oxidation sites excluding steroid dienone is 1. The van der Waals surface area contributed by atoms with Crippen LogP contribution in [0.1, 0.15) is 35.1 Å². The molecule has 0 saturated carbocycles. The molecule has 4 aromatic rings. The van der Waals surface area contributed by atoms with Crippen LogP contribution in [0.5, 0.6) is 23.0 Å². The third-order valence-corrected chi connectivity index (χ3v) is 7.21. The van der Waals surface area contributed by atoms with Crippen LogP contribution in [0.2, 0.25) is 10.0 Å². The van der Waals surface area contributed by atoms with E-state index in [4.69, 9.17) is 47.9 Å². The van der Waals surface area contributed by atoms with Gasteiger partial charge in [-0.1, -0.05) is 71.7 Å². The molecule has 0 saturated heterocycles. The van der Waals surface area contributed by atoms with Crippen LogP contribution in [0.25, 0.3) is 6.08 Å². The monoisotopic (exact) mass is 612 g/mol. The number of hydrogen-bond donors (Lipinski definition) is 1. The van der Waals surface area contributed by atoms with Crippen LogP contribution < -0.4 is 24.7 Å². The summed E-state index contributed by atoms with van der Waals surface area (Å²) in [4.78, 5) is 12.4. The molecule has 43 heavy (non-hydrogen) atoms. The van der Waals surface area contributed by atoms with E-state index in [2.05, 4.69) is 6.07 Å². The van der Waals surface area contributed by atoms with Gasteiger partial charge in [-0.15, -0.1) is 0 Å². The molecule has 1 heterocycles. The van der Waals surface area contributed by atoms with E-state index in [1.54, 1.807) is 48.5 Å². The van der Waals surface area contributed by atoms with Gasteiger partial charge in [-0.05, 0) is 54.5 Å². The largest absolute Gasteiger partial charge is 0.490 e. The Morgan fingerprint density at radius 2 is 1.81 bits per heavy atom. The van der Waals surface area contributed by atoms with Gasteiger partial charge in [0.05, 0.1) is 12.5 Å². The summed E-state index contributed by atoms with van der Waals surface area (Å²) in [6.07, 6.45) is 3.01. The molecular weight excluding hydrogens is 587 g/mol. The molecule has 0 aliphatic carbocycles. The molecule has 0 spiro atoms. The maximum absolute atomic E-state index is 12.4. The predicted octanol–water partition coefficient (Wildman–Crippen LogP) is 7.81. The van der Waals surface area contributed by atoms with Crippen molar-refractivity contribution in [2.45, 2.75) is 19.4 Å². The highest BCUT2D eigenvalue weighted by atomic mass is 35.5. The third kappa shape index (κ3) is 6.95. The Morgan fingerprint density at radius 1 is 1.00 bits per heavy atom. The molecule has 0 fully saturated rings. The van der Waals surface area contributed by atoms with Crippen LogP contribution >= 0.6 is 23.2 Å². The highest BCUT2D eigenvalue weighted by Crippen LogP contribution is 2.45. The van der Waals surface area contributed by atoms with Gasteiger partial charge in [0.15, 0.2) is 11.5 Å². The highest BCUT2D eigenvalue weighted by molar-refractivity contribution is 6.35. The van der Waals surface area contributed by atoms with E-state index in [-0.39, 0.29) is 23.8 Å². The van der Waals surface area contributed by atoms with E-state index in [1.165, 1.54) is 6.08 Å². The lowest BCUT2D eigenvalue weighted by atomic mass is 9.83. The molecule has 7 nitrogen and oxygen atoms in total. The van der Waals surface area contributed by atoms with Gasteiger partial charge in [-0.25, -0.2) is 4.79 Å². The van der Waals surface area contributed by atoms with Crippen LogP contribution in [-0.2, 0) is 11.4 Å². The van der Waals surface area contributed by atoms with Gasteiger partial charge < -0.3 is 24.7 Å². The van der Waals surface area contributed by atoms with Gasteiger partial charge in [0.25, 0.3) is 0 Å². The van der Waals surface area contributed by atoms with Crippen LogP contribution in [0.3, 0.4) is 0 Å². The normalized spacial score (nSPS) is 14.0. The maximum atomic E-state index is 12.4. The fourth-order valence-electron chi connectivity index (χ4n) is 4.61. The molecular formula is C34H26Cl2N2O5. The molecule has 2 N–H and O–H groups in total. The fraction of sp³-hybridized carbons (Fsp3) is 0.118. The Bertz CT molecular complexity index is 1760. The number of carbonyl (C=O) groups is 1. The number of benzene rings is 4. The summed E-state index contributed by atoms with van der Waals surface area (Å²) >= 11 is 12.3. The summed E-state index contributed by atoms with van der Waals surface area (Å²) < 4.78 is 23.2. The number of fused-ring (bicyclic) bond motifs is 1. The molecule has 1 atom stereocenters. The van der Waals surface area contributed by atoms with Gasteiger partial charge >= 0.3 is 5.97 Å². The van der Waals surface area contributed by atoms with Crippen molar-refractivity contribution in [2.75, 3.05) is 6.61 Å². The molecule has 9 heteroatoms. The Labute approximate surface area is 259 Å². The smallest absolute Gasteiger partial charge is 0.336 e. The standard InChI is InChI=1S/C34H26Cl2N2O5/c1-2-40-31-16-22(10-14-29(31)41-20-23-9-11-24(35)17-28(23)36)33-26-13-12-25(18-30(26)43-34(38)27(33)19-37)42-32(39)15-8-21-6-4-3-5-7-21/h3-18,33H,2,20,38H2,1H3/b15-8+. The minimum absolute atomic E-state index is 0.0388. The van der Waals surface area contributed by atoms with Crippen molar-refractivity contribution in [1.29, 1.82) is 5.26 Å². The maximum Gasteiger partial charge on any atom is 0.336 e. The predicted molar refractivity (Wildman–Crippen MR) is 165 cm³/mol. The summed E-state index contributed by atoms with van der Waals surface area (Å²) in [5, 5.41) is 11.0. The Kier molecular flexibility index (Phi) is 9.21. The second-order valence-electron chi connectivity index (χ2n) is 9.45. The molecule has 0 radical (unpaired) electrons. The fourth-order valence-corrected chi connectivity index (χ4v) is 5.07. The van der Waals surface area contributed by atoms with E-state index < -0.39 is 11.9 Å². The molecule has 1 aliphatic rings. The first kappa shape index (κ1) is 29.6. The average Bonchev–Trinajstić information content (AvgIpc) is 3.00. The van der Waals surface area contributed by atoms with Crippen LogP contribution in [0, 0.1) is 11.3 Å². The molecule has 0 amide bonds.